The Balaban J connectivity index is 1.49. The van der Waals surface area contributed by atoms with Crippen LogP contribution in [0.15, 0.2) is 38.8 Å². The summed E-state index contributed by atoms with van der Waals surface area (Å²) in [5.74, 6) is 0.750. The maximum atomic E-state index is 12.2. The molecule has 0 radical (unpaired) electrons. The lowest BCUT2D eigenvalue weighted by molar-refractivity contribution is 0.463. The molecule has 1 fully saturated rings. The zero-order chi connectivity index (χ0) is 20.1. The fourth-order valence-electron chi connectivity index (χ4n) is 3.02. The van der Waals surface area contributed by atoms with Crippen LogP contribution in [0.25, 0.3) is 0 Å². The lowest BCUT2D eigenvalue weighted by Crippen LogP contribution is -2.48. The third-order valence-electron chi connectivity index (χ3n) is 4.68. The number of aliphatic imine (C=N–C) groups is 1. The number of anilines is 1. The van der Waals surface area contributed by atoms with E-state index in [1.54, 1.807) is 38.5 Å². The summed E-state index contributed by atoms with van der Waals surface area (Å²) < 4.78 is 26.0. The van der Waals surface area contributed by atoms with Gasteiger partial charge in [-0.2, -0.15) is 0 Å². The number of hydrogen-bond donors (Lipinski definition) is 2. The van der Waals surface area contributed by atoms with Gasteiger partial charge in [0, 0.05) is 45.2 Å². The van der Waals surface area contributed by atoms with Crippen LogP contribution in [0.4, 0.5) is 5.00 Å². The average Bonchev–Trinajstić information content (AvgIpc) is 3.37. The van der Waals surface area contributed by atoms with E-state index in [0.717, 1.165) is 36.8 Å². The zero-order valence-electron chi connectivity index (χ0n) is 16.4. The van der Waals surface area contributed by atoms with E-state index in [9.17, 15) is 8.42 Å². The lowest BCUT2D eigenvalue weighted by atomic mass is 10.1. The minimum atomic E-state index is -3.37. The van der Waals surface area contributed by atoms with Crippen molar-refractivity contribution in [1.82, 2.24) is 14.9 Å². The van der Waals surface area contributed by atoms with Crippen molar-refractivity contribution in [3.63, 3.8) is 0 Å². The molecule has 0 unspecified atom stereocenters. The van der Waals surface area contributed by atoms with Gasteiger partial charge < -0.3 is 15.5 Å². The van der Waals surface area contributed by atoms with Crippen molar-refractivity contribution in [2.75, 3.05) is 39.1 Å². The summed E-state index contributed by atoms with van der Waals surface area (Å²) in [5.41, 5.74) is 0. The molecule has 2 aromatic rings. The predicted molar refractivity (Wildman–Crippen MR) is 118 cm³/mol. The monoisotopic (exact) mass is 441 g/mol. The van der Waals surface area contributed by atoms with Gasteiger partial charge in [0.15, 0.2) is 5.96 Å². The largest absolute Gasteiger partial charge is 0.363 e. The lowest BCUT2D eigenvalue weighted by Gasteiger charge is -2.33. The Kier molecular flexibility index (Phi) is 6.97. The summed E-state index contributed by atoms with van der Waals surface area (Å²) in [4.78, 5) is 7.69. The number of sulfonamides is 1. The van der Waals surface area contributed by atoms with Crippen LogP contribution in [0.5, 0.6) is 0 Å². The summed E-state index contributed by atoms with van der Waals surface area (Å²) >= 11 is 3.07. The number of rotatable bonds is 6. The van der Waals surface area contributed by atoms with Crippen molar-refractivity contribution in [3.05, 3.63) is 34.5 Å². The number of nitrogens with zero attached hydrogens (tertiary/aromatic N) is 3. The van der Waals surface area contributed by atoms with Gasteiger partial charge in [0.2, 0.25) is 0 Å². The molecule has 154 valence electrons. The van der Waals surface area contributed by atoms with Crippen molar-refractivity contribution >= 4 is 43.7 Å². The molecule has 1 aliphatic rings. The first kappa shape index (κ1) is 21.1. The first-order valence-corrected chi connectivity index (χ1v) is 12.3. The molecule has 0 atom stereocenters. The van der Waals surface area contributed by atoms with E-state index in [1.807, 2.05) is 6.07 Å². The van der Waals surface area contributed by atoms with E-state index in [4.69, 9.17) is 0 Å². The molecule has 28 heavy (non-hydrogen) atoms. The minimum Gasteiger partial charge on any atom is -0.363 e. The van der Waals surface area contributed by atoms with Gasteiger partial charge in [0.1, 0.15) is 4.21 Å². The Morgan fingerprint density at radius 3 is 2.64 bits per heavy atom. The second-order valence-corrected chi connectivity index (χ2v) is 11.3. The zero-order valence-corrected chi connectivity index (χ0v) is 18.8. The summed E-state index contributed by atoms with van der Waals surface area (Å²) in [6.07, 6.45) is 2.12. The van der Waals surface area contributed by atoms with Crippen molar-refractivity contribution in [1.29, 1.82) is 0 Å². The van der Waals surface area contributed by atoms with Gasteiger partial charge in [-0.05, 0) is 42.5 Å². The average molecular weight is 442 g/mol. The summed E-state index contributed by atoms with van der Waals surface area (Å²) in [6.45, 7) is 2.61. The Bertz CT molecular complexity index is 882. The standard InChI is InChI=1S/C18H27N5O2S3/c1-19-18(20-13-15-6-7-17(27-15)28(24,25)22(2)3)21-14-8-10-23(11-9-14)16-5-4-12-26-16/h4-7,12,14H,8-11,13H2,1-3H3,(H2,19,20,21). The van der Waals surface area contributed by atoms with Crippen LogP contribution in [-0.2, 0) is 16.6 Å². The van der Waals surface area contributed by atoms with Crippen molar-refractivity contribution in [3.8, 4) is 0 Å². The first-order valence-electron chi connectivity index (χ1n) is 9.17. The van der Waals surface area contributed by atoms with Gasteiger partial charge >= 0.3 is 0 Å². The summed E-state index contributed by atoms with van der Waals surface area (Å²) in [5, 5.41) is 10.2. The molecule has 0 saturated carbocycles. The van der Waals surface area contributed by atoms with Crippen LogP contribution in [0.1, 0.15) is 17.7 Å². The fourth-order valence-corrected chi connectivity index (χ4v) is 6.27. The molecule has 3 rings (SSSR count). The van der Waals surface area contributed by atoms with Gasteiger partial charge in [-0.3, -0.25) is 4.99 Å². The number of nitrogens with one attached hydrogen (secondary N) is 2. The van der Waals surface area contributed by atoms with Crippen LogP contribution in [0.3, 0.4) is 0 Å². The van der Waals surface area contributed by atoms with Gasteiger partial charge in [0.25, 0.3) is 10.0 Å². The van der Waals surface area contributed by atoms with Crippen LogP contribution in [0.2, 0.25) is 0 Å². The Labute approximate surface area is 175 Å². The molecule has 2 aromatic heterocycles. The Hall–Kier alpha value is -1.62. The number of thiophene rings is 2. The van der Waals surface area contributed by atoms with Crippen molar-refractivity contribution in [2.45, 2.75) is 29.6 Å². The molecule has 2 N–H and O–H groups in total. The Morgan fingerprint density at radius 1 is 1.29 bits per heavy atom. The molecule has 1 aliphatic heterocycles. The highest BCUT2D eigenvalue weighted by Crippen LogP contribution is 2.25. The number of guanidine groups is 1. The third kappa shape index (κ3) is 5.05. The fraction of sp³-hybridized carbons (Fsp3) is 0.500. The van der Waals surface area contributed by atoms with E-state index in [-0.39, 0.29) is 0 Å². The van der Waals surface area contributed by atoms with E-state index in [0.29, 0.717) is 16.8 Å². The molecule has 0 amide bonds. The smallest absolute Gasteiger partial charge is 0.252 e. The van der Waals surface area contributed by atoms with Crippen LogP contribution in [0, 0.1) is 0 Å². The molecule has 0 spiro atoms. The number of hydrogen-bond acceptors (Lipinski definition) is 6. The topological polar surface area (TPSA) is 77.0 Å². The molecule has 10 heteroatoms. The maximum Gasteiger partial charge on any atom is 0.252 e. The second kappa shape index (κ2) is 9.25. The molecule has 1 saturated heterocycles. The normalized spacial score (nSPS) is 16.6. The van der Waals surface area contributed by atoms with E-state index in [2.05, 4.69) is 38.0 Å². The van der Waals surface area contributed by atoms with E-state index >= 15 is 0 Å². The highest BCUT2D eigenvalue weighted by atomic mass is 32.2. The summed E-state index contributed by atoms with van der Waals surface area (Å²) in [6, 6.07) is 8.16. The Morgan fingerprint density at radius 2 is 2.04 bits per heavy atom. The van der Waals surface area contributed by atoms with E-state index < -0.39 is 10.0 Å². The van der Waals surface area contributed by atoms with Gasteiger partial charge in [-0.1, -0.05) is 0 Å². The molecule has 0 aromatic carbocycles. The van der Waals surface area contributed by atoms with Crippen LogP contribution < -0.4 is 15.5 Å². The quantitative estimate of drug-likeness (QED) is 0.532. The van der Waals surface area contributed by atoms with Gasteiger partial charge in [-0.25, -0.2) is 12.7 Å². The molecule has 3 heterocycles. The SMILES string of the molecule is CN=C(NCc1ccc(S(=O)(=O)N(C)C)s1)NC1CCN(c2cccs2)CC1. The van der Waals surface area contributed by atoms with Crippen molar-refractivity contribution in [2.24, 2.45) is 4.99 Å². The molecular weight excluding hydrogens is 414 g/mol. The van der Waals surface area contributed by atoms with E-state index in [1.165, 1.54) is 20.6 Å². The highest BCUT2D eigenvalue weighted by Gasteiger charge is 2.21. The third-order valence-corrected chi connectivity index (χ3v) is 8.98. The highest BCUT2D eigenvalue weighted by molar-refractivity contribution is 7.91. The van der Waals surface area contributed by atoms with Crippen LogP contribution >= 0.6 is 22.7 Å². The predicted octanol–water partition coefficient (Wildman–Crippen LogP) is 2.39. The van der Waals surface area contributed by atoms with Gasteiger partial charge in [-0.15, -0.1) is 22.7 Å². The number of piperidine rings is 1. The summed E-state index contributed by atoms with van der Waals surface area (Å²) in [7, 11) is 1.47. The minimum absolute atomic E-state index is 0.359. The van der Waals surface area contributed by atoms with Crippen molar-refractivity contribution < 1.29 is 8.42 Å². The van der Waals surface area contributed by atoms with Gasteiger partial charge in [0.05, 0.1) is 11.5 Å². The second-order valence-electron chi connectivity index (χ2n) is 6.79. The molecule has 0 bridgehead atoms. The van der Waals surface area contributed by atoms with Crippen LogP contribution in [-0.4, -0.2) is 59.0 Å². The molecule has 0 aliphatic carbocycles. The molecular formula is C18H27N5O2S3. The molecule has 7 nitrogen and oxygen atoms in total. The first-order chi connectivity index (χ1) is 13.4. The maximum absolute atomic E-state index is 12.2.